The largest absolute Gasteiger partial charge is 0.480 e. The Morgan fingerprint density at radius 1 is 1.00 bits per heavy atom. The number of nitrogens with zero attached hydrogens (tertiary/aromatic N) is 2. The molecule has 2 aromatic carbocycles. The van der Waals surface area contributed by atoms with E-state index in [9.17, 15) is 18.3 Å². The molecule has 0 saturated carbocycles. The molecule has 6 nitrogen and oxygen atoms in total. The predicted molar refractivity (Wildman–Crippen MR) is 113 cm³/mol. The molecule has 0 saturated heterocycles. The summed E-state index contributed by atoms with van der Waals surface area (Å²) in [6.45, 7) is 1.17. The van der Waals surface area contributed by atoms with Crippen LogP contribution in [0, 0.1) is 6.92 Å². The van der Waals surface area contributed by atoms with E-state index in [2.05, 4.69) is 4.98 Å². The second-order valence-electron chi connectivity index (χ2n) is 6.39. The van der Waals surface area contributed by atoms with Crippen molar-refractivity contribution in [1.82, 2.24) is 4.98 Å². The van der Waals surface area contributed by atoms with Gasteiger partial charge in [-0.2, -0.15) is 0 Å². The highest BCUT2D eigenvalue weighted by Gasteiger charge is 2.28. The third-order valence-corrected chi connectivity index (χ3v) is 6.03. The molecule has 0 aliphatic rings. The van der Waals surface area contributed by atoms with Crippen LogP contribution < -0.4 is 4.31 Å². The van der Waals surface area contributed by atoms with E-state index >= 15 is 0 Å². The fraction of sp³-hybridized carbons (Fsp3) is 0.0909. The van der Waals surface area contributed by atoms with Gasteiger partial charge in [0.15, 0.2) is 0 Å². The third kappa shape index (κ3) is 4.89. The minimum atomic E-state index is -4.06. The lowest BCUT2D eigenvalue weighted by Crippen LogP contribution is -2.36. The van der Waals surface area contributed by atoms with E-state index in [4.69, 9.17) is 0 Å². The molecular weight excluding hydrogens is 388 g/mol. The maximum absolute atomic E-state index is 13.2. The summed E-state index contributed by atoms with van der Waals surface area (Å²) in [4.78, 5) is 15.5. The molecule has 0 spiro atoms. The molecule has 148 valence electrons. The number of carboxylic acid groups (broad SMARTS) is 1. The third-order valence-electron chi connectivity index (χ3n) is 4.25. The molecule has 7 heteroatoms. The Morgan fingerprint density at radius 3 is 2.31 bits per heavy atom. The maximum atomic E-state index is 13.2. The number of carbonyl (C=O) groups is 1. The number of hydrogen-bond acceptors (Lipinski definition) is 4. The molecule has 0 aliphatic heterocycles. The van der Waals surface area contributed by atoms with Gasteiger partial charge in [-0.15, -0.1) is 0 Å². The summed E-state index contributed by atoms with van der Waals surface area (Å²) in [5.74, 6) is -1.24. The van der Waals surface area contributed by atoms with Crippen LogP contribution in [-0.4, -0.2) is 31.0 Å². The summed E-state index contributed by atoms with van der Waals surface area (Å²) in [7, 11) is -4.06. The standard InChI is InChI=1S/C22H20N2O4S/c1-17-6-10-20(11-7-17)29(27,28)24(16-22(25)26)21-5-3-2-4-19(21)9-8-18-12-14-23-15-13-18/h2-15H,16H2,1H3,(H,25,26)/b9-8+. The molecule has 0 amide bonds. The summed E-state index contributed by atoms with van der Waals surface area (Å²) in [5, 5.41) is 9.37. The monoisotopic (exact) mass is 408 g/mol. The predicted octanol–water partition coefficient (Wildman–Crippen LogP) is 3.84. The molecule has 0 aliphatic carbocycles. The summed E-state index contributed by atoms with van der Waals surface area (Å²) in [5.41, 5.74) is 2.68. The van der Waals surface area contributed by atoms with E-state index in [1.165, 1.54) is 12.1 Å². The van der Waals surface area contributed by atoms with Crippen molar-refractivity contribution >= 4 is 33.8 Å². The highest BCUT2D eigenvalue weighted by atomic mass is 32.2. The number of aliphatic carboxylic acids is 1. The van der Waals surface area contributed by atoms with Gasteiger partial charge in [-0.3, -0.25) is 14.1 Å². The van der Waals surface area contributed by atoms with Crippen molar-refractivity contribution < 1.29 is 18.3 Å². The number of benzene rings is 2. The van der Waals surface area contributed by atoms with Gasteiger partial charge in [-0.25, -0.2) is 8.42 Å². The molecule has 0 fully saturated rings. The number of sulfonamides is 1. The number of carboxylic acids is 1. The number of aromatic nitrogens is 1. The Morgan fingerprint density at radius 2 is 1.66 bits per heavy atom. The lowest BCUT2D eigenvalue weighted by molar-refractivity contribution is -0.135. The Labute approximate surface area is 169 Å². The highest BCUT2D eigenvalue weighted by Crippen LogP contribution is 2.28. The number of hydrogen-bond donors (Lipinski definition) is 1. The normalized spacial score (nSPS) is 11.5. The van der Waals surface area contributed by atoms with Crippen molar-refractivity contribution in [3.05, 3.63) is 89.7 Å². The average Bonchev–Trinajstić information content (AvgIpc) is 2.72. The number of rotatable bonds is 7. The van der Waals surface area contributed by atoms with E-state index in [0.29, 0.717) is 11.3 Å². The van der Waals surface area contributed by atoms with E-state index < -0.39 is 22.5 Å². The zero-order valence-corrected chi connectivity index (χ0v) is 16.6. The van der Waals surface area contributed by atoms with Crippen LogP contribution in [0.5, 0.6) is 0 Å². The Kier molecular flexibility index (Phi) is 6.09. The van der Waals surface area contributed by atoms with Crippen LogP contribution in [0.2, 0.25) is 0 Å². The van der Waals surface area contributed by atoms with Crippen LogP contribution in [0.1, 0.15) is 16.7 Å². The quantitative estimate of drug-likeness (QED) is 0.642. The Hall–Kier alpha value is -3.45. The SMILES string of the molecule is Cc1ccc(S(=O)(=O)N(CC(=O)O)c2ccccc2/C=C/c2ccncc2)cc1. The summed E-state index contributed by atoms with van der Waals surface area (Å²) in [6, 6.07) is 16.7. The van der Waals surface area contributed by atoms with Gasteiger partial charge in [0.2, 0.25) is 0 Å². The van der Waals surface area contributed by atoms with Gasteiger partial charge < -0.3 is 5.11 Å². The van der Waals surface area contributed by atoms with Crippen LogP contribution in [-0.2, 0) is 14.8 Å². The van der Waals surface area contributed by atoms with Crippen molar-refractivity contribution in [2.75, 3.05) is 10.8 Å². The lowest BCUT2D eigenvalue weighted by Gasteiger charge is -2.24. The number of aryl methyl sites for hydroxylation is 1. The van der Waals surface area contributed by atoms with Gasteiger partial charge >= 0.3 is 5.97 Å². The van der Waals surface area contributed by atoms with E-state index in [1.807, 2.05) is 25.1 Å². The molecule has 1 heterocycles. The minimum absolute atomic E-state index is 0.0391. The van der Waals surface area contributed by atoms with Gasteiger partial charge in [0, 0.05) is 12.4 Å². The second kappa shape index (κ2) is 8.70. The molecule has 1 N–H and O–H groups in total. The topological polar surface area (TPSA) is 87.6 Å². The van der Waals surface area contributed by atoms with E-state index in [1.54, 1.807) is 54.9 Å². The Balaban J connectivity index is 2.07. The summed E-state index contributed by atoms with van der Waals surface area (Å²) < 4.78 is 27.4. The first-order valence-electron chi connectivity index (χ1n) is 8.86. The molecule has 0 bridgehead atoms. The van der Waals surface area contributed by atoms with Crippen LogP contribution in [0.4, 0.5) is 5.69 Å². The van der Waals surface area contributed by atoms with Gasteiger partial charge in [0.1, 0.15) is 6.54 Å². The molecule has 29 heavy (non-hydrogen) atoms. The van der Waals surface area contributed by atoms with Gasteiger partial charge in [0.05, 0.1) is 10.6 Å². The number of para-hydroxylation sites is 1. The minimum Gasteiger partial charge on any atom is -0.480 e. The van der Waals surface area contributed by atoms with Gasteiger partial charge in [0.25, 0.3) is 10.0 Å². The first-order chi connectivity index (χ1) is 13.9. The fourth-order valence-electron chi connectivity index (χ4n) is 2.78. The van der Waals surface area contributed by atoms with Crippen LogP contribution in [0.15, 0.2) is 78.0 Å². The van der Waals surface area contributed by atoms with Gasteiger partial charge in [-0.05, 0) is 48.4 Å². The fourth-order valence-corrected chi connectivity index (χ4v) is 4.22. The second-order valence-corrected chi connectivity index (χ2v) is 8.25. The van der Waals surface area contributed by atoms with Crippen molar-refractivity contribution in [3.63, 3.8) is 0 Å². The number of anilines is 1. The first kappa shape index (κ1) is 20.3. The van der Waals surface area contributed by atoms with Crippen LogP contribution in [0.25, 0.3) is 12.2 Å². The molecule has 3 rings (SSSR count). The smallest absolute Gasteiger partial charge is 0.324 e. The number of pyridine rings is 1. The van der Waals surface area contributed by atoms with Crippen molar-refractivity contribution in [1.29, 1.82) is 0 Å². The molecule has 0 atom stereocenters. The molecule has 1 aromatic heterocycles. The average molecular weight is 408 g/mol. The van der Waals surface area contributed by atoms with Crippen molar-refractivity contribution in [2.45, 2.75) is 11.8 Å². The maximum Gasteiger partial charge on any atom is 0.324 e. The van der Waals surface area contributed by atoms with Crippen LogP contribution in [0.3, 0.4) is 0 Å². The molecule has 0 unspecified atom stereocenters. The lowest BCUT2D eigenvalue weighted by atomic mass is 10.1. The summed E-state index contributed by atoms with van der Waals surface area (Å²) >= 11 is 0. The summed E-state index contributed by atoms with van der Waals surface area (Å²) in [6.07, 6.45) is 6.89. The first-order valence-corrected chi connectivity index (χ1v) is 10.3. The van der Waals surface area contributed by atoms with Crippen molar-refractivity contribution in [2.24, 2.45) is 0 Å². The van der Waals surface area contributed by atoms with E-state index in [0.717, 1.165) is 15.4 Å². The molecule has 0 radical (unpaired) electrons. The van der Waals surface area contributed by atoms with Crippen LogP contribution >= 0.6 is 0 Å². The van der Waals surface area contributed by atoms with Crippen molar-refractivity contribution in [3.8, 4) is 0 Å². The van der Waals surface area contributed by atoms with E-state index in [-0.39, 0.29) is 4.90 Å². The Bertz CT molecular complexity index is 1120. The molecular formula is C22H20N2O4S. The van der Waals surface area contributed by atoms with Gasteiger partial charge in [-0.1, -0.05) is 48.0 Å². The zero-order valence-electron chi connectivity index (χ0n) is 15.8. The molecule has 3 aromatic rings. The zero-order chi connectivity index (χ0) is 20.9. The highest BCUT2D eigenvalue weighted by molar-refractivity contribution is 7.92.